The standard InChI is InChI=1S/C12H10Br2N2OS/c13-8-1-3-10(16-6-8)7-18(17)12-4-2-9(15)5-11(12)14/h1-6H,7,15H2. The van der Waals surface area contributed by atoms with Crippen LogP contribution < -0.4 is 5.73 Å². The number of hydrogen-bond donors (Lipinski definition) is 1. The summed E-state index contributed by atoms with van der Waals surface area (Å²) in [5.41, 5.74) is 7.09. The van der Waals surface area contributed by atoms with Crippen LogP contribution in [0.25, 0.3) is 0 Å². The van der Waals surface area contributed by atoms with Gasteiger partial charge in [0, 0.05) is 20.8 Å². The lowest BCUT2D eigenvalue weighted by Crippen LogP contribution is -2.00. The van der Waals surface area contributed by atoms with Crippen molar-refractivity contribution in [3.63, 3.8) is 0 Å². The number of rotatable bonds is 3. The van der Waals surface area contributed by atoms with Gasteiger partial charge in [-0.05, 0) is 62.2 Å². The molecule has 0 aliphatic heterocycles. The first kappa shape index (κ1) is 13.7. The molecule has 0 spiro atoms. The zero-order chi connectivity index (χ0) is 13.1. The van der Waals surface area contributed by atoms with Crippen LogP contribution in [0.2, 0.25) is 0 Å². The van der Waals surface area contributed by atoms with Gasteiger partial charge in [-0.1, -0.05) is 0 Å². The van der Waals surface area contributed by atoms with Crippen LogP contribution in [0, 0.1) is 0 Å². The highest BCUT2D eigenvalue weighted by Gasteiger charge is 2.10. The molecule has 0 amide bonds. The molecule has 0 fully saturated rings. The normalized spacial score (nSPS) is 12.3. The summed E-state index contributed by atoms with van der Waals surface area (Å²) >= 11 is 6.69. The second kappa shape index (κ2) is 5.95. The number of benzene rings is 1. The van der Waals surface area contributed by atoms with Gasteiger partial charge in [0.2, 0.25) is 0 Å². The Hall–Kier alpha value is -0.720. The van der Waals surface area contributed by atoms with Gasteiger partial charge in [-0.3, -0.25) is 9.19 Å². The Morgan fingerprint density at radius 1 is 1.22 bits per heavy atom. The van der Waals surface area contributed by atoms with Crippen molar-refractivity contribution in [3.05, 3.63) is 51.2 Å². The molecule has 1 atom stereocenters. The van der Waals surface area contributed by atoms with Crippen LogP contribution in [0.15, 0.2) is 50.4 Å². The molecule has 0 saturated carbocycles. The predicted octanol–water partition coefficient (Wildman–Crippen LogP) is 3.50. The van der Waals surface area contributed by atoms with Crippen LogP contribution in [-0.4, -0.2) is 9.19 Å². The Morgan fingerprint density at radius 3 is 2.61 bits per heavy atom. The highest BCUT2D eigenvalue weighted by Crippen LogP contribution is 2.24. The summed E-state index contributed by atoms with van der Waals surface area (Å²) in [5.74, 6) is 0.385. The average Bonchev–Trinajstić information content (AvgIpc) is 2.32. The molecule has 6 heteroatoms. The molecule has 2 N–H and O–H groups in total. The van der Waals surface area contributed by atoms with E-state index in [-0.39, 0.29) is 0 Å². The Balaban J connectivity index is 2.19. The van der Waals surface area contributed by atoms with Crippen LogP contribution in [0.5, 0.6) is 0 Å². The van der Waals surface area contributed by atoms with E-state index in [1.54, 1.807) is 24.4 Å². The minimum absolute atomic E-state index is 0.385. The maximum Gasteiger partial charge on any atom is 0.0706 e. The molecule has 1 heterocycles. The van der Waals surface area contributed by atoms with Crippen molar-refractivity contribution in [2.75, 3.05) is 5.73 Å². The third kappa shape index (κ3) is 3.40. The van der Waals surface area contributed by atoms with Gasteiger partial charge in [0.05, 0.1) is 27.1 Å². The van der Waals surface area contributed by atoms with E-state index >= 15 is 0 Å². The summed E-state index contributed by atoms with van der Waals surface area (Å²) < 4.78 is 13.9. The molecule has 3 nitrogen and oxygen atoms in total. The molecule has 18 heavy (non-hydrogen) atoms. The van der Waals surface area contributed by atoms with Crippen molar-refractivity contribution in [1.82, 2.24) is 4.98 Å². The summed E-state index contributed by atoms with van der Waals surface area (Å²) in [6.45, 7) is 0. The molecule has 94 valence electrons. The molecule has 0 aliphatic carbocycles. The molecule has 2 aromatic rings. The fourth-order valence-corrected chi connectivity index (χ4v) is 3.67. The number of hydrogen-bond acceptors (Lipinski definition) is 3. The average molecular weight is 390 g/mol. The lowest BCUT2D eigenvalue weighted by Gasteiger charge is -2.05. The first-order valence-corrected chi connectivity index (χ1v) is 8.00. The molecule has 2 rings (SSSR count). The van der Waals surface area contributed by atoms with Gasteiger partial charge in [0.25, 0.3) is 0 Å². The maximum absolute atomic E-state index is 12.2. The van der Waals surface area contributed by atoms with E-state index in [1.165, 1.54) is 0 Å². The lowest BCUT2D eigenvalue weighted by atomic mass is 10.3. The van der Waals surface area contributed by atoms with Gasteiger partial charge in [-0.15, -0.1) is 0 Å². The van der Waals surface area contributed by atoms with E-state index in [4.69, 9.17) is 5.73 Å². The second-order valence-corrected chi connectivity index (χ2v) is 6.84. The van der Waals surface area contributed by atoms with Crippen LogP contribution in [0.4, 0.5) is 5.69 Å². The summed E-state index contributed by atoms with van der Waals surface area (Å²) in [5, 5.41) is 0. The van der Waals surface area contributed by atoms with Crippen LogP contribution >= 0.6 is 31.9 Å². The fraction of sp³-hybridized carbons (Fsp3) is 0.0833. The third-order valence-electron chi connectivity index (χ3n) is 2.27. The van der Waals surface area contributed by atoms with E-state index < -0.39 is 10.8 Å². The third-order valence-corrected chi connectivity index (χ3v) is 5.06. The Bertz CT molecular complexity index is 587. The van der Waals surface area contributed by atoms with Crippen molar-refractivity contribution in [2.24, 2.45) is 0 Å². The maximum atomic E-state index is 12.2. The summed E-state index contributed by atoms with van der Waals surface area (Å²) in [6, 6.07) is 9.01. The quantitative estimate of drug-likeness (QED) is 0.817. The van der Waals surface area contributed by atoms with Crippen molar-refractivity contribution < 1.29 is 4.21 Å². The van der Waals surface area contributed by atoms with Gasteiger partial charge >= 0.3 is 0 Å². The molecule has 0 radical (unpaired) electrons. The van der Waals surface area contributed by atoms with E-state index in [9.17, 15) is 4.21 Å². The SMILES string of the molecule is Nc1ccc(S(=O)Cc2ccc(Br)cn2)c(Br)c1. The predicted molar refractivity (Wildman–Crippen MR) is 80.6 cm³/mol. The number of aromatic nitrogens is 1. The Labute approximate surface area is 125 Å². The lowest BCUT2D eigenvalue weighted by molar-refractivity contribution is 0.682. The smallest absolute Gasteiger partial charge is 0.0706 e. The van der Waals surface area contributed by atoms with E-state index in [0.29, 0.717) is 11.4 Å². The minimum atomic E-state index is -1.14. The van der Waals surface area contributed by atoms with Crippen molar-refractivity contribution in [3.8, 4) is 0 Å². The number of nitrogen functional groups attached to an aromatic ring is 1. The zero-order valence-corrected chi connectivity index (χ0v) is 13.3. The van der Waals surface area contributed by atoms with Gasteiger partial charge < -0.3 is 5.73 Å². The van der Waals surface area contributed by atoms with Crippen LogP contribution in [0.1, 0.15) is 5.69 Å². The molecule has 0 aliphatic rings. The molecule has 1 aromatic carbocycles. The monoisotopic (exact) mass is 388 g/mol. The Morgan fingerprint density at radius 2 is 2.00 bits per heavy atom. The topological polar surface area (TPSA) is 56.0 Å². The molecule has 0 saturated heterocycles. The molecule has 1 aromatic heterocycles. The molecular formula is C12H10Br2N2OS. The molecule has 1 unspecified atom stereocenters. The van der Waals surface area contributed by atoms with E-state index in [2.05, 4.69) is 36.8 Å². The first-order valence-electron chi connectivity index (χ1n) is 5.10. The van der Waals surface area contributed by atoms with Gasteiger partial charge in [-0.2, -0.15) is 0 Å². The van der Waals surface area contributed by atoms with Gasteiger partial charge in [-0.25, -0.2) is 0 Å². The highest BCUT2D eigenvalue weighted by molar-refractivity contribution is 9.10. The summed E-state index contributed by atoms with van der Waals surface area (Å²) in [4.78, 5) is 4.94. The first-order chi connectivity index (χ1) is 8.56. The van der Waals surface area contributed by atoms with Crippen LogP contribution in [0.3, 0.4) is 0 Å². The zero-order valence-electron chi connectivity index (χ0n) is 9.27. The minimum Gasteiger partial charge on any atom is -0.399 e. The van der Waals surface area contributed by atoms with Crippen molar-refractivity contribution >= 4 is 48.3 Å². The largest absolute Gasteiger partial charge is 0.399 e. The Kier molecular flexibility index (Phi) is 4.53. The van der Waals surface area contributed by atoms with Gasteiger partial charge in [0.1, 0.15) is 0 Å². The van der Waals surface area contributed by atoms with Gasteiger partial charge in [0.15, 0.2) is 0 Å². The summed E-state index contributed by atoms with van der Waals surface area (Å²) in [7, 11) is -1.14. The number of anilines is 1. The van der Waals surface area contributed by atoms with E-state index in [0.717, 1.165) is 19.5 Å². The summed E-state index contributed by atoms with van der Waals surface area (Å²) in [6.07, 6.45) is 1.70. The number of pyridine rings is 1. The number of halogens is 2. The second-order valence-electron chi connectivity index (χ2n) is 3.65. The number of nitrogens with zero attached hydrogens (tertiary/aromatic N) is 1. The van der Waals surface area contributed by atoms with E-state index in [1.807, 2.05) is 12.1 Å². The molecule has 0 bridgehead atoms. The van der Waals surface area contributed by atoms with Crippen molar-refractivity contribution in [2.45, 2.75) is 10.6 Å². The van der Waals surface area contributed by atoms with Crippen molar-refractivity contribution in [1.29, 1.82) is 0 Å². The fourth-order valence-electron chi connectivity index (χ4n) is 1.41. The van der Waals surface area contributed by atoms with Crippen LogP contribution in [-0.2, 0) is 16.6 Å². The number of nitrogens with two attached hydrogens (primary N) is 1. The molecular weight excluding hydrogens is 380 g/mol. The highest BCUT2D eigenvalue weighted by atomic mass is 79.9.